The molecule has 0 radical (unpaired) electrons. The number of aromatic nitrogens is 1. The molecule has 0 aliphatic carbocycles. The fourth-order valence-corrected chi connectivity index (χ4v) is 5.02. The van der Waals surface area contributed by atoms with Crippen LogP contribution in [0.5, 0.6) is 34.5 Å². The highest BCUT2D eigenvalue weighted by molar-refractivity contribution is 6.13. The quantitative estimate of drug-likeness (QED) is 0.0700. The maximum absolute atomic E-state index is 13.5. The summed E-state index contributed by atoms with van der Waals surface area (Å²) in [7, 11) is 4.51. The first-order valence-corrected chi connectivity index (χ1v) is 14.8. The van der Waals surface area contributed by atoms with Crippen molar-refractivity contribution in [3.8, 4) is 45.6 Å². The molecule has 1 amide bonds. The molecule has 0 atom stereocenters. The number of hydrogen-bond acceptors (Lipinski definition) is 10. The lowest BCUT2D eigenvalue weighted by atomic mass is 10.0. The molecule has 0 unspecified atom stereocenters. The number of ether oxygens (including phenoxy) is 6. The summed E-state index contributed by atoms with van der Waals surface area (Å²) in [4.78, 5) is 41.1. The molecular weight excluding hydrogens is 618 g/mol. The van der Waals surface area contributed by atoms with Gasteiger partial charge in [0.2, 0.25) is 0 Å². The Balaban J connectivity index is 1.38. The number of hydrazone groups is 1. The van der Waals surface area contributed by atoms with Crippen LogP contribution in [0.1, 0.15) is 40.3 Å². The van der Waals surface area contributed by atoms with E-state index in [9.17, 15) is 14.4 Å². The number of esters is 2. The molecule has 1 heterocycles. The Morgan fingerprint density at radius 3 is 2.12 bits per heavy atom. The van der Waals surface area contributed by atoms with E-state index in [1.165, 1.54) is 38.4 Å². The Labute approximate surface area is 276 Å². The largest absolute Gasteiger partial charge is 0.496 e. The molecule has 2 N–H and O–H groups in total. The zero-order chi connectivity index (χ0) is 34.2. The van der Waals surface area contributed by atoms with Gasteiger partial charge in [0.1, 0.15) is 17.2 Å². The zero-order valence-electron chi connectivity index (χ0n) is 26.9. The van der Waals surface area contributed by atoms with Crippen LogP contribution in [0.4, 0.5) is 0 Å². The highest BCUT2D eigenvalue weighted by atomic mass is 16.6. The number of nitrogens with one attached hydrogen (secondary N) is 2. The van der Waals surface area contributed by atoms with Gasteiger partial charge in [-0.25, -0.2) is 10.2 Å². The maximum atomic E-state index is 13.5. The molecule has 0 saturated carbocycles. The Hall–Kier alpha value is -6.30. The van der Waals surface area contributed by atoms with Crippen LogP contribution in [0.2, 0.25) is 0 Å². The van der Waals surface area contributed by atoms with Crippen molar-refractivity contribution in [2.24, 2.45) is 5.10 Å². The van der Waals surface area contributed by atoms with E-state index in [1.54, 1.807) is 51.5 Å². The molecule has 0 fully saturated rings. The molecule has 4 aromatic carbocycles. The fraction of sp³-hybridized carbons (Fsp3) is 0.167. The molecular formula is C36H33N3O9. The highest BCUT2D eigenvalue weighted by Crippen LogP contribution is 2.42. The minimum Gasteiger partial charge on any atom is -0.496 e. The Morgan fingerprint density at radius 1 is 0.771 bits per heavy atom. The Bertz CT molecular complexity index is 2000. The van der Waals surface area contributed by atoms with Gasteiger partial charge in [-0.1, -0.05) is 30.3 Å². The Morgan fingerprint density at radius 2 is 1.44 bits per heavy atom. The molecule has 0 saturated heterocycles. The lowest BCUT2D eigenvalue weighted by Gasteiger charge is -2.13. The number of amides is 1. The summed E-state index contributed by atoms with van der Waals surface area (Å²) in [5.74, 6) is 0.246. The molecule has 0 aliphatic rings. The summed E-state index contributed by atoms with van der Waals surface area (Å²) < 4.78 is 32.9. The van der Waals surface area contributed by atoms with Crippen LogP contribution in [-0.4, -0.2) is 57.0 Å². The molecule has 1 aromatic heterocycles. The second-order valence-electron chi connectivity index (χ2n) is 10.1. The van der Waals surface area contributed by atoms with Crippen molar-refractivity contribution in [2.45, 2.75) is 13.8 Å². The molecule has 48 heavy (non-hydrogen) atoms. The van der Waals surface area contributed by atoms with Gasteiger partial charge in [0.05, 0.1) is 50.6 Å². The minimum absolute atomic E-state index is 0.166. The van der Waals surface area contributed by atoms with Gasteiger partial charge in [0, 0.05) is 12.5 Å². The summed E-state index contributed by atoms with van der Waals surface area (Å²) in [6.07, 6.45) is 1.44. The van der Waals surface area contributed by atoms with Crippen molar-refractivity contribution in [3.63, 3.8) is 0 Å². The summed E-state index contributed by atoms with van der Waals surface area (Å²) in [5, 5.41) is 4.87. The van der Waals surface area contributed by atoms with Crippen molar-refractivity contribution in [2.75, 3.05) is 27.9 Å². The third kappa shape index (κ3) is 7.07. The fourth-order valence-electron chi connectivity index (χ4n) is 5.02. The number of aromatic amines is 1. The van der Waals surface area contributed by atoms with E-state index in [0.717, 1.165) is 5.56 Å². The molecule has 0 bridgehead atoms. The van der Waals surface area contributed by atoms with Crippen molar-refractivity contribution < 1.29 is 42.8 Å². The number of carbonyl (C=O) groups excluding carboxylic acids is 3. The number of rotatable bonds is 12. The third-order valence-electron chi connectivity index (χ3n) is 7.11. The number of H-pyrrole nitrogens is 1. The standard InChI is InChI=1S/C36H33N3O9/c1-6-46-30-18-22(12-14-26(30)48-36(42)24-13-15-25(47-21(2)40)29(19-24)45-5)20-37-39-35(41)34-31(23-10-8-7-9-11-23)32-27(43-3)16-17-28(44-4)33(32)38-34/h7-20,38H,6H2,1-5H3,(H,39,41). The summed E-state index contributed by atoms with van der Waals surface area (Å²) in [6, 6.07) is 22.2. The number of methoxy groups -OCH3 is 3. The number of hydrogen-bond donors (Lipinski definition) is 2. The van der Waals surface area contributed by atoms with Crippen molar-refractivity contribution in [3.05, 3.63) is 95.7 Å². The van der Waals surface area contributed by atoms with E-state index in [-0.39, 0.29) is 34.3 Å². The average Bonchev–Trinajstić information content (AvgIpc) is 3.50. The number of carbonyl (C=O) groups is 3. The maximum Gasteiger partial charge on any atom is 0.343 e. The topological polar surface area (TPSA) is 147 Å². The number of benzene rings is 4. The van der Waals surface area contributed by atoms with Gasteiger partial charge in [-0.05, 0) is 66.6 Å². The predicted octanol–water partition coefficient (Wildman–Crippen LogP) is 6.17. The molecule has 0 spiro atoms. The van der Waals surface area contributed by atoms with Crippen molar-refractivity contribution in [1.29, 1.82) is 0 Å². The number of fused-ring (bicyclic) bond motifs is 1. The lowest BCUT2D eigenvalue weighted by Crippen LogP contribution is -2.19. The smallest absolute Gasteiger partial charge is 0.343 e. The van der Waals surface area contributed by atoms with Gasteiger partial charge in [-0.15, -0.1) is 0 Å². The first-order valence-electron chi connectivity index (χ1n) is 14.8. The molecule has 246 valence electrons. The third-order valence-corrected chi connectivity index (χ3v) is 7.11. The summed E-state index contributed by atoms with van der Waals surface area (Å²) in [5.41, 5.74) is 5.63. The van der Waals surface area contributed by atoms with Crippen LogP contribution in [-0.2, 0) is 4.79 Å². The van der Waals surface area contributed by atoms with E-state index < -0.39 is 17.8 Å². The van der Waals surface area contributed by atoms with Crippen molar-refractivity contribution in [1.82, 2.24) is 10.4 Å². The monoisotopic (exact) mass is 651 g/mol. The summed E-state index contributed by atoms with van der Waals surface area (Å²) in [6.45, 7) is 3.35. The van der Waals surface area contributed by atoms with Crippen LogP contribution in [0.3, 0.4) is 0 Å². The molecule has 12 heteroatoms. The van der Waals surface area contributed by atoms with Crippen LogP contribution in [0, 0.1) is 0 Å². The van der Waals surface area contributed by atoms with E-state index in [2.05, 4.69) is 15.5 Å². The lowest BCUT2D eigenvalue weighted by molar-refractivity contribution is -0.132. The second-order valence-corrected chi connectivity index (χ2v) is 10.1. The average molecular weight is 652 g/mol. The van der Waals surface area contributed by atoms with Crippen LogP contribution < -0.4 is 33.8 Å². The van der Waals surface area contributed by atoms with Crippen molar-refractivity contribution >= 4 is 35.0 Å². The Kier molecular flexibility index (Phi) is 10.2. The first-order chi connectivity index (χ1) is 23.3. The van der Waals surface area contributed by atoms with Gasteiger partial charge in [0.25, 0.3) is 5.91 Å². The molecule has 12 nitrogen and oxygen atoms in total. The minimum atomic E-state index is -0.682. The first kappa shape index (κ1) is 33.1. The van der Waals surface area contributed by atoms with E-state index >= 15 is 0 Å². The molecule has 5 aromatic rings. The summed E-state index contributed by atoms with van der Waals surface area (Å²) >= 11 is 0. The second kappa shape index (κ2) is 14.9. The van der Waals surface area contributed by atoms with Gasteiger partial charge in [0.15, 0.2) is 23.0 Å². The van der Waals surface area contributed by atoms with Crippen LogP contribution >= 0.6 is 0 Å². The van der Waals surface area contributed by atoms with Crippen LogP contribution in [0.15, 0.2) is 84.0 Å². The normalized spacial score (nSPS) is 10.9. The SMILES string of the molecule is CCOc1cc(C=NNC(=O)c2[nH]c3c(OC)ccc(OC)c3c2-c2ccccc2)ccc1OC(=O)c1ccc(OC(C)=O)c(OC)c1. The predicted molar refractivity (Wildman–Crippen MR) is 179 cm³/mol. The number of nitrogens with zero attached hydrogens (tertiary/aromatic N) is 1. The van der Waals surface area contributed by atoms with E-state index in [1.807, 2.05) is 30.3 Å². The van der Waals surface area contributed by atoms with Gasteiger partial charge in [-0.2, -0.15) is 5.10 Å². The molecule has 0 aliphatic heterocycles. The van der Waals surface area contributed by atoms with Crippen LogP contribution in [0.25, 0.3) is 22.0 Å². The van der Waals surface area contributed by atoms with Gasteiger partial charge in [-0.3, -0.25) is 9.59 Å². The van der Waals surface area contributed by atoms with E-state index in [4.69, 9.17) is 28.4 Å². The van der Waals surface area contributed by atoms with E-state index in [0.29, 0.717) is 40.1 Å². The zero-order valence-corrected chi connectivity index (χ0v) is 26.9. The van der Waals surface area contributed by atoms with Gasteiger partial charge >= 0.3 is 11.9 Å². The molecule has 5 rings (SSSR count). The van der Waals surface area contributed by atoms with Gasteiger partial charge < -0.3 is 33.4 Å². The highest BCUT2D eigenvalue weighted by Gasteiger charge is 2.24.